The molecule has 3 N–H and O–H groups in total. The number of amides is 1. The van der Waals surface area contributed by atoms with Crippen molar-refractivity contribution in [2.75, 3.05) is 18.9 Å². The number of hydrogen-bond donors (Lipinski definition) is 2. The Morgan fingerprint density at radius 3 is 2.96 bits per heavy atom. The maximum atomic E-state index is 12.8. The Labute approximate surface area is 154 Å². The van der Waals surface area contributed by atoms with Crippen LogP contribution in [-0.4, -0.2) is 35.3 Å². The summed E-state index contributed by atoms with van der Waals surface area (Å²) in [5, 5.41) is 7.52. The molecule has 1 aromatic carbocycles. The fraction of sp³-hybridized carbons (Fsp3) is 0.389. The van der Waals surface area contributed by atoms with Crippen molar-refractivity contribution in [3.05, 3.63) is 40.8 Å². The van der Waals surface area contributed by atoms with Gasteiger partial charge in [0.05, 0.1) is 35.2 Å². The number of nitrogens with zero attached hydrogens (tertiary/aromatic N) is 2. The van der Waals surface area contributed by atoms with Crippen LogP contribution in [0.3, 0.4) is 0 Å². The maximum Gasteiger partial charge on any atom is 0.251 e. The minimum Gasteiger partial charge on any atom is -0.379 e. The number of nitrogens with one attached hydrogen (secondary N) is 1. The number of nitrogen functional groups attached to an aromatic ring is 1. The molecule has 3 aromatic rings. The van der Waals surface area contributed by atoms with Gasteiger partial charge in [-0.15, -0.1) is 0 Å². The third kappa shape index (κ3) is 3.30. The third-order valence-corrected chi connectivity index (χ3v) is 5.45. The molecule has 2 atom stereocenters. The Morgan fingerprint density at radius 1 is 1.35 bits per heavy atom. The number of carbonyl (C=O) groups is 1. The van der Waals surface area contributed by atoms with Crippen LogP contribution in [0.2, 0.25) is 0 Å². The van der Waals surface area contributed by atoms with Gasteiger partial charge in [-0.1, -0.05) is 16.5 Å². The Kier molecular flexibility index (Phi) is 4.37. The number of ether oxygens (including phenoxy) is 1. The van der Waals surface area contributed by atoms with Crippen LogP contribution in [0, 0.1) is 19.8 Å². The quantitative estimate of drug-likeness (QED) is 0.729. The number of fused-ring (bicyclic) bond motifs is 1. The molecule has 0 spiro atoms. The highest BCUT2D eigenvalue weighted by molar-refractivity contribution is 7.22. The molecule has 0 aliphatic carbocycles. The van der Waals surface area contributed by atoms with Crippen LogP contribution in [0.25, 0.3) is 10.2 Å². The van der Waals surface area contributed by atoms with E-state index in [0.717, 1.165) is 27.2 Å². The number of carbonyl (C=O) groups excluding carboxylic acids is 1. The molecule has 136 valence electrons. The number of hydrogen-bond acceptors (Lipinski definition) is 7. The first-order chi connectivity index (χ1) is 12.5. The SMILES string of the molecule is Cc1cc(C[C@@H]2COC[C@@H]2NC(=O)c2cc(C)c3nc(N)sc3c2)on1. The summed E-state index contributed by atoms with van der Waals surface area (Å²) in [4.78, 5) is 17.1. The lowest BCUT2D eigenvalue weighted by Crippen LogP contribution is -2.40. The molecule has 4 rings (SSSR count). The molecule has 7 nitrogen and oxygen atoms in total. The van der Waals surface area contributed by atoms with Crippen molar-refractivity contribution in [3.63, 3.8) is 0 Å². The lowest BCUT2D eigenvalue weighted by atomic mass is 9.97. The summed E-state index contributed by atoms with van der Waals surface area (Å²) in [6, 6.07) is 5.55. The molecule has 1 amide bonds. The number of aryl methyl sites for hydroxylation is 2. The van der Waals surface area contributed by atoms with Gasteiger partial charge in [-0.25, -0.2) is 4.98 Å². The van der Waals surface area contributed by atoms with E-state index in [1.165, 1.54) is 11.3 Å². The summed E-state index contributed by atoms with van der Waals surface area (Å²) >= 11 is 1.39. The number of anilines is 1. The molecule has 0 saturated carbocycles. The van der Waals surface area contributed by atoms with Crippen LogP contribution in [-0.2, 0) is 11.2 Å². The Bertz CT molecular complexity index is 965. The molecule has 1 aliphatic rings. The van der Waals surface area contributed by atoms with E-state index in [9.17, 15) is 4.79 Å². The summed E-state index contributed by atoms with van der Waals surface area (Å²) in [6.45, 7) is 4.92. The second kappa shape index (κ2) is 6.69. The first-order valence-electron chi connectivity index (χ1n) is 8.47. The van der Waals surface area contributed by atoms with Gasteiger partial charge in [-0.05, 0) is 31.5 Å². The molecule has 0 bridgehead atoms. The number of thiazole rings is 1. The van der Waals surface area contributed by atoms with E-state index in [4.69, 9.17) is 15.0 Å². The van der Waals surface area contributed by atoms with Crippen LogP contribution in [0.15, 0.2) is 22.7 Å². The highest BCUT2D eigenvalue weighted by Crippen LogP contribution is 2.28. The molecule has 2 aromatic heterocycles. The van der Waals surface area contributed by atoms with Gasteiger partial charge in [-0.2, -0.15) is 0 Å². The molecular formula is C18H20N4O3S. The molecule has 0 unspecified atom stereocenters. The van der Waals surface area contributed by atoms with Gasteiger partial charge >= 0.3 is 0 Å². The van der Waals surface area contributed by atoms with Crippen molar-refractivity contribution in [2.45, 2.75) is 26.3 Å². The maximum absolute atomic E-state index is 12.8. The van der Waals surface area contributed by atoms with E-state index < -0.39 is 0 Å². The van der Waals surface area contributed by atoms with Crippen molar-refractivity contribution in [2.24, 2.45) is 5.92 Å². The average molecular weight is 372 g/mol. The van der Waals surface area contributed by atoms with Crippen molar-refractivity contribution >= 4 is 32.6 Å². The van der Waals surface area contributed by atoms with Gasteiger partial charge in [-0.3, -0.25) is 4.79 Å². The van der Waals surface area contributed by atoms with E-state index in [0.29, 0.717) is 30.3 Å². The molecule has 1 aliphatic heterocycles. The fourth-order valence-corrected chi connectivity index (χ4v) is 4.18. The van der Waals surface area contributed by atoms with Crippen molar-refractivity contribution < 1.29 is 14.1 Å². The monoisotopic (exact) mass is 372 g/mol. The number of benzene rings is 1. The predicted octanol–water partition coefficient (Wildman–Crippen LogP) is 2.47. The van der Waals surface area contributed by atoms with E-state index in [-0.39, 0.29) is 17.9 Å². The zero-order valence-corrected chi connectivity index (χ0v) is 15.4. The minimum atomic E-state index is -0.115. The van der Waals surface area contributed by atoms with Crippen molar-refractivity contribution in [1.82, 2.24) is 15.5 Å². The summed E-state index contributed by atoms with van der Waals surface area (Å²) in [7, 11) is 0. The average Bonchev–Trinajstić information content (AvgIpc) is 3.29. The topological polar surface area (TPSA) is 103 Å². The summed E-state index contributed by atoms with van der Waals surface area (Å²) < 4.78 is 11.8. The van der Waals surface area contributed by atoms with Crippen LogP contribution >= 0.6 is 11.3 Å². The van der Waals surface area contributed by atoms with Crippen LogP contribution in [0.1, 0.15) is 27.4 Å². The Balaban J connectivity index is 1.50. The second-order valence-electron chi connectivity index (χ2n) is 6.71. The zero-order chi connectivity index (χ0) is 18.3. The lowest BCUT2D eigenvalue weighted by Gasteiger charge is -2.18. The van der Waals surface area contributed by atoms with Gasteiger partial charge in [0.2, 0.25) is 0 Å². The minimum absolute atomic E-state index is 0.0598. The van der Waals surface area contributed by atoms with Crippen molar-refractivity contribution in [1.29, 1.82) is 0 Å². The molecule has 26 heavy (non-hydrogen) atoms. The highest BCUT2D eigenvalue weighted by Gasteiger charge is 2.31. The fourth-order valence-electron chi connectivity index (χ4n) is 3.33. The second-order valence-corrected chi connectivity index (χ2v) is 7.77. The normalized spacial score (nSPS) is 19.9. The molecule has 3 heterocycles. The van der Waals surface area contributed by atoms with Gasteiger partial charge in [0, 0.05) is 24.0 Å². The summed E-state index contributed by atoms with van der Waals surface area (Å²) in [5.74, 6) is 0.862. The molecule has 0 radical (unpaired) electrons. The number of rotatable bonds is 4. The first-order valence-corrected chi connectivity index (χ1v) is 9.28. The lowest BCUT2D eigenvalue weighted by molar-refractivity contribution is 0.0924. The van der Waals surface area contributed by atoms with E-state index in [1.807, 2.05) is 32.0 Å². The van der Waals surface area contributed by atoms with Gasteiger partial charge in [0.25, 0.3) is 5.91 Å². The van der Waals surface area contributed by atoms with Gasteiger partial charge < -0.3 is 20.3 Å². The van der Waals surface area contributed by atoms with Crippen molar-refractivity contribution in [3.8, 4) is 0 Å². The zero-order valence-electron chi connectivity index (χ0n) is 14.6. The highest BCUT2D eigenvalue weighted by atomic mass is 32.1. The van der Waals surface area contributed by atoms with E-state index in [1.54, 1.807) is 0 Å². The number of aromatic nitrogens is 2. The summed E-state index contributed by atoms with van der Waals surface area (Å²) in [6.07, 6.45) is 0.690. The van der Waals surface area contributed by atoms with E-state index >= 15 is 0 Å². The molecule has 1 fully saturated rings. The van der Waals surface area contributed by atoms with E-state index in [2.05, 4.69) is 15.5 Å². The van der Waals surface area contributed by atoms with Crippen LogP contribution < -0.4 is 11.1 Å². The third-order valence-electron chi connectivity index (χ3n) is 4.62. The first kappa shape index (κ1) is 17.0. The summed E-state index contributed by atoms with van der Waals surface area (Å²) in [5.41, 5.74) is 9.05. The van der Waals surface area contributed by atoms with Gasteiger partial charge in [0.15, 0.2) is 5.13 Å². The molecule has 1 saturated heterocycles. The largest absolute Gasteiger partial charge is 0.379 e. The Morgan fingerprint density at radius 2 is 2.19 bits per heavy atom. The smallest absolute Gasteiger partial charge is 0.251 e. The van der Waals surface area contributed by atoms with Crippen LogP contribution in [0.4, 0.5) is 5.13 Å². The van der Waals surface area contributed by atoms with Gasteiger partial charge in [0.1, 0.15) is 5.76 Å². The van der Waals surface area contributed by atoms with Crippen LogP contribution in [0.5, 0.6) is 0 Å². The Hall–Kier alpha value is -2.45. The molecule has 8 heteroatoms. The molecular weight excluding hydrogens is 352 g/mol. The standard InChI is InChI=1S/C18H20N4O3S/c1-9-3-11(6-15-16(9)21-18(19)26-15)17(23)20-14-8-24-7-12(14)5-13-4-10(2)22-25-13/h3-4,6,12,14H,5,7-8H2,1-2H3,(H2,19,21)(H,20,23)/t12-,14+/m1/s1. The number of nitrogens with two attached hydrogens (primary N) is 1. The predicted molar refractivity (Wildman–Crippen MR) is 99.3 cm³/mol.